The molecule has 0 aliphatic heterocycles. The number of carbonyl (C=O) groups excluding carboxylic acids is 2. The molecule has 0 heterocycles. The number of ether oxygens (including phenoxy) is 1. The van der Waals surface area contributed by atoms with E-state index in [-0.39, 0.29) is 18.4 Å². The first-order valence-corrected chi connectivity index (χ1v) is 8.63. The lowest BCUT2D eigenvalue weighted by molar-refractivity contribution is -0.156. The molecule has 1 atom stereocenters. The first-order valence-electron chi connectivity index (χ1n) is 8.63. The monoisotopic (exact) mass is 433 g/mol. The molecule has 162 valence electrons. The first-order chi connectivity index (χ1) is 13.9. The van der Waals surface area contributed by atoms with Crippen LogP contribution in [0.1, 0.15) is 39.5 Å². The van der Waals surface area contributed by atoms with Crippen LogP contribution in [0.3, 0.4) is 0 Å². The summed E-state index contributed by atoms with van der Waals surface area (Å²) in [6.07, 6.45) is -9.94. The summed E-state index contributed by atoms with van der Waals surface area (Å²) >= 11 is 0. The van der Waals surface area contributed by atoms with E-state index in [4.69, 9.17) is 0 Å². The van der Waals surface area contributed by atoms with Crippen LogP contribution in [0.2, 0.25) is 0 Å². The summed E-state index contributed by atoms with van der Waals surface area (Å²) in [5.41, 5.74) is -1.84. The molecule has 0 spiro atoms. The van der Waals surface area contributed by atoms with Crippen molar-refractivity contribution in [2.75, 3.05) is 7.11 Å². The van der Waals surface area contributed by atoms with Crippen molar-refractivity contribution in [2.24, 2.45) is 0 Å². The van der Waals surface area contributed by atoms with Crippen molar-refractivity contribution in [3.63, 3.8) is 0 Å². The number of halogens is 6. The van der Waals surface area contributed by atoms with E-state index in [2.05, 4.69) is 4.74 Å². The summed E-state index contributed by atoms with van der Waals surface area (Å²) in [6.45, 7) is 0. The van der Waals surface area contributed by atoms with Crippen LogP contribution >= 0.6 is 0 Å². The second kappa shape index (κ2) is 9.19. The van der Waals surface area contributed by atoms with E-state index in [9.17, 15) is 35.9 Å². The Morgan fingerprint density at radius 2 is 1.67 bits per heavy atom. The SMILES string of the molecule is COC(=O)CCc1ccccc1C(=O)NC(c1cccc(C(F)(F)F)c1)C(F)(F)F. The Bertz CT molecular complexity index is 908. The van der Waals surface area contributed by atoms with Crippen molar-refractivity contribution in [1.82, 2.24) is 5.32 Å². The highest BCUT2D eigenvalue weighted by molar-refractivity contribution is 5.96. The lowest BCUT2D eigenvalue weighted by Gasteiger charge is -2.23. The lowest BCUT2D eigenvalue weighted by Crippen LogP contribution is -2.38. The van der Waals surface area contributed by atoms with Crippen molar-refractivity contribution in [3.8, 4) is 0 Å². The Labute approximate surface area is 167 Å². The second-order valence-electron chi connectivity index (χ2n) is 6.30. The van der Waals surface area contributed by atoms with E-state index in [1.165, 1.54) is 31.4 Å². The molecule has 30 heavy (non-hydrogen) atoms. The average Bonchev–Trinajstić information content (AvgIpc) is 2.68. The fourth-order valence-corrected chi connectivity index (χ4v) is 2.76. The standard InChI is InChI=1S/C20H17F6NO3/c1-30-16(28)10-9-12-5-2-3-8-15(12)18(29)27-17(20(24,25)26)13-6-4-7-14(11-13)19(21,22)23/h2-8,11,17H,9-10H2,1H3,(H,27,29). The number of nitrogens with one attached hydrogen (secondary N) is 1. The van der Waals surface area contributed by atoms with E-state index in [0.717, 1.165) is 12.1 Å². The number of benzene rings is 2. The molecule has 2 aromatic carbocycles. The first kappa shape index (κ1) is 23.2. The molecule has 4 nitrogen and oxygen atoms in total. The number of esters is 1. The molecule has 0 aliphatic carbocycles. The third-order valence-electron chi connectivity index (χ3n) is 4.24. The fraction of sp³-hybridized carbons (Fsp3) is 0.300. The van der Waals surface area contributed by atoms with Gasteiger partial charge in [-0.25, -0.2) is 0 Å². The van der Waals surface area contributed by atoms with Crippen LogP contribution in [0.15, 0.2) is 48.5 Å². The number of amides is 1. The highest BCUT2D eigenvalue weighted by Gasteiger charge is 2.43. The molecule has 0 saturated heterocycles. The molecule has 1 amide bonds. The predicted octanol–water partition coefficient (Wildman–Crippen LogP) is 4.84. The Hall–Kier alpha value is -3.04. The number of hydrogen-bond acceptors (Lipinski definition) is 3. The highest BCUT2D eigenvalue weighted by Crippen LogP contribution is 2.36. The van der Waals surface area contributed by atoms with Crippen LogP contribution in [-0.2, 0) is 22.1 Å². The molecular weight excluding hydrogens is 416 g/mol. The quantitative estimate of drug-likeness (QED) is 0.524. The van der Waals surface area contributed by atoms with Crippen molar-refractivity contribution >= 4 is 11.9 Å². The van der Waals surface area contributed by atoms with Gasteiger partial charge in [0.25, 0.3) is 5.91 Å². The van der Waals surface area contributed by atoms with Crippen LogP contribution in [0, 0.1) is 0 Å². The van der Waals surface area contributed by atoms with E-state index in [1.54, 1.807) is 5.32 Å². The summed E-state index contributed by atoms with van der Waals surface area (Å²) < 4.78 is 83.8. The van der Waals surface area contributed by atoms with Gasteiger partial charge in [-0.1, -0.05) is 30.3 Å². The van der Waals surface area contributed by atoms with Gasteiger partial charge in [-0.2, -0.15) is 26.3 Å². The minimum atomic E-state index is -5.04. The van der Waals surface area contributed by atoms with Crippen molar-refractivity contribution in [3.05, 3.63) is 70.8 Å². The number of methoxy groups -OCH3 is 1. The Morgan fingerprint density at radius 3 is 2.27 bits per heavy atom. The van der Waals surface area contributed by atoms with Crippen LogP contribution in [-0.4, -0.2) is 25.2 Å². The van der Waals surface area contributed by atoms with Gasteiger partial charge in [-0.15, -0.1) is 0 Å². The fourth-order valence-electron chi connectivity index (χ4n) is 2.76. The minimum absolute atomic E-state index is 0.0382. The molecule has 2 rings (SSSR count). The third kappa shape index (κ3) is 5.98. The van der Waals surface area contributed by atoms with Gasteiger partial charge >= 0.3 is 18.3 Å². The zero-order chi connectivity index (χ0) is 22.5. The summed E-state index contributed by atoms with van der Waals surface area (Å²) in [4.78, 5) is 23.9. The predicted molar refractivity (Wildman–Crippen MR) is 94.5 cm³/mol. The van der Waals surface area contributed by atoms with Gasteiger partial charge in [0, 0.05) is 12.0 Å². The molecule has 0 aromatic heterocycles. The molecule has 2 aromatic rings. The van der Waals surface area contributed by atoms with Crippen LogP contribution in [0.4, 0.5) is 26.3 Å². The second-order valence-corrected chi connectivity index (χ2v) is 6.30. The molecule has 0 radical (unpaired) electrons. The summed E-state index contributed by atoms with van der Waals surface area (Å²) in [7, 11) is 1.17. The molecule has 0 aliphatic rings. The number of rotatable bonds is 6. The largest absolute Gasteiger partial charge is 0.469 e. The number of carbonyl (C=O) groups is 2. The lowest BCUT2D eigenvalue weighted by atomic mass is 10.00. The Balaban J connectivity index is 2.33. The van der Waals surface area contributed by atoms with Crippen molar-refractivity contribution < 1.29 is 40.7 Å². The van der Waals surface area contributed by atoms with Crippen LogP contribution in [0.25, 0.3) is 0 Å². The van der Waals surface area contributed by atoms with Gasteiger partial charge in [-0.05, 0) is 35.7 Å². The maximum Gasteiger partial charge on any atom is 0.416 e. The average molecular weight is 433 g/mol. The molecular formula is C20H17F6NO3. The van der Waals surface area contributed by atoms with Crippen molar-refractivity contribution in [1.29, 1.82) is 0 Å². The topological polar surface area (TPSA) is 55.4 Å². The molecule has 1 N–H and O–H groups in total. The molecule has 10 heteroatoms. The van der Waals surface area contributed by atoms with Gasteiger partial charge < -0.3 is 10.1 Å². The van der Waals surface area contributed by atoms with Gasteiger partial charge in [0.1, 0.15) is 0 Å². The summed E-state index contributed by atoms with van der Waals surface area (Å²) in [6, 6.07) is 5.72. The molecule has 0 bridgehead atoms. The van der Waals surface area contributed by atoms with Gasteiger partial charge in [0.15, 0.2) is 6.04 Å². The Kier molecular flexibility index (Phi) is 7.12. The summed E-state index contributed by atoms with van der Waals surface area (Å²) in [5, 5.41) is 1.76. The maximum absolute atomic E-state index is 13.6. The third-order valence-corrected chi connectivity index (χ3v) is 4.24. The van der Waals surface area contributed by atoms with Crippen LogP contribution < -0.4 is 5.32 Å². The van der Waals surface area contributed by atoms with Crippen LogP contribution in [0.5, 0.6) is 0 Å². The van der Waals surface area contributed by atoms with Crippen molar-refractivity contribution in [2.45, 2.75) is 31.2 Å². The number of hydrogen-bond donors (Lipinski definition) is 1. The van der Waals surface area contributed by atoms with E-state index in [0.29, 0.717) is 17.7 Å². The number of aryl methyl sites for hydroxylation is 1. The normalized spacial score (nSPS) is 12.9. The number of alkyl halides is 6. The zero-order valence-electron chi connectivity index (χ0n) is 15.6. The van der Waals surface area contributed by atoms with Gasteiger partial charge in [-0.3, -0.25) is 9.59 Å². The molecule has 1 unspecified atom stereocenters. The van der Waals surface area contributed by atoms with E-state index < -0.39 is 41.4 Å². The van der Waals surface area contributed by atoms with E-state index >= 15 is 0 Å². The molecule has 0 saturated carbocycles. The molecule has 0 fully saturated rings. The summed E-state index contributed by atoms with van der Waals surface area (Å²) in [5.74, 6) is -1.70. The van der Waals surface area contributed by atoms with E-state index in [1.807, 2.05) is 0 Å². The Morgan fingerprint density at radius 1 is 1.00 bits per heavy atom. The van der Waals surface area contributed by atoms with Gasteiger partial charge in [0.2, 0.25) is 0 Å². The maximum atomic E-state index is 13.6. The van der Waals surface area contributed by atoms with Gasteiger partial charge in [0.05, 0.1) is 12.7 Å². The zero-order valence-corrected chi connectivity index (χ0v) is 15.6. The minimum Gasteiger partial charge on any atom is -0.469 e. The highest BCUT2D eigenvalue weighted by atomic mass is 19.4. The smallest absolute Gasteiger partial charge is 0.416 e.